The molecule has 7 heteroatoms. The van der Waals surface area contributed by atoms with Crippen molar-refractivity contribution in [3.05, 3.63) is 95.1 Å². The number of fused-ring (bicyclic) bond motifs is 1. The average Bonchev–Trinajstić information content (AvgIpc) is 3.22. The summed E-state index contributed by atoms with van der Waals surface area (Å²) in [7, 11) is 0. The Kier molecular flexibility index (Phi) is 6.72. The second-order valence-corrected chi connectivity index (χ2v) is 7.65. The van der Waals surface area contributed by atoms with Crippen molar-refractivity contribution in [2.45, 2.75) is 6.42 Å². The van der Waals surface area contributed by atoms with Crippen molar-refractivity contribution in [2.24, 2.45) is 0 Å². The van der Waals surface area contributed by atoms with Crippen LogP contribution in [0.4, 0.5) is 5.69 Å². The van der Waals surface area contributed by atoms with Crippen LogP contribution in [0, 0.1) is 0 Å². The number of carbonyl (C=O) groups is 2. The molecule has 0 bridgehead atoms. The lowest BCUT2D eigenvalue weighted by molar-refractivity contribution is -0.123. The fourth-order valence-electron chi connectivity index (χ4n) is 3.39. The zero-order chi connectivity index (χ0) is 22.3. The SMILES string of the molecule is O=C(COc1ccc(Cl)cc1C(=O)Nc1ccccc1)NCCc1c[nH]c2ccccc12. The van der Waals surface area contributed by atoms with Crippen molar-refractivity contribution in [2.75, 3.05) is 18.5 Å². The van der Waals surface area contributed by atoms with E-state index in [-0.39, 0.29) is 29.7 Å². The molecule has 6 nitrogen and oxygen atoms in total. The van der Waals surface area contributed by atoms with Gasteiger partial charge >= 0.3 is 0 Å². The van der Waals surface area contributed by atoms with Crippen LogP contribution in [-0.4, -0.2) is 29.9 Å². The Balaban J connectivity index is 1.33. The standard InChI is InChI=1S/C25H22ClN3O3/c26-18-10-11-23(21(14-18)25(31)29-19-6-2-1-3-7-19)32-16-24(30)27-13-12-17-15-28-22-9-5-4-8-20(17)22/h1-11,14-15,28H,12-13,16H2,(H,27,30)(H,29,31). The number of aromatic nitrogens is 1. The summed E-state index contributed by atoms with van der Waals surface area (Å²) in [6.45, 7) is 0.271. The molecule has 0 saturated carbocycles. The van der Waals surface area contributed by atoms with E-state index >= 15 is 0 Å². The second-order valence-electron chi connectivity index (χ2n) is 7.21. The molecule has 162 valence electrons. The predicted molar refractivity (Wildman–Crippen MR) is 126 cm³/mol. The van der Waals surface area contributed by atoms with Crippen LogP contribution in [0.3, 0.4) is 0 Å². The predicted octanol–water partition coefficient (Wildman–Crippen LogP) is 4.81. The number of hydrogen-bond acceptors (Lipinski definition) is 3. The van der Waals surface area contributed by atoms with Crippen molar-refractivity contribution in [3.63, 3.8) is 0 Å². The Morgan fingerprint density at radius 3 is 2.59 bits per heavy atom. The summed E-state index contributed by atoms with van der Waals surface area (Å²) in [4.78, 5) is 28.2. The average molecular weight is 448 g/mol. The molecule has 4 rings (SSSR count). The van der Waals surface area contributed by atoms with E-state index in [1.165, 1.54) is 6.07 Å². The van der Waals surface area contributed by atoms with E-state index < -0.39 is 0 Å². The Hall–Kier alpha value is -3.77. The smallest absolute Gasteiger partial charge is 0.259 e. The van der Waals surface area contributed by atoms with Crippen molar-refractivity contribution in [1.82, 2.24) is 10.3 Å². The number of benzene rings is 3. The number of rotatable bonds is 8. The zero-order valence-electron chi connectivity index (χ0n) is 17.2. The molecule has 1 heterocycles. The van der Waals surface area contributed by atoms with Crippen LogP contribution < -0.4 is 15.4 Å². The molecule has 0 aliphatic rings. The minimum Gasteiger partial charge on any atom is -0.483 e. The molecule has 3 aromatic carbocycles. The quantitative estimate of drug-likeness (QED) is 0.362. The van der Waals surface area contributed by atoms with Crippen molar-refractivity contribution in [3.8, 4) is 5.75 Å². The van der Waals surface area contributed by atoms with Crippen LogP contribution in [0.5, 0.6) is 5.75 Å². The van der Waals surface area contributed by atoms with Crippen molar-refractivity contribution >= 4 is 40.0 Å². The van der Waals surface area contributed by atoms with Crippen LogP contribution in [0.2, 0.25) is 5.02 Å². The molecule has 32 heavy (non-hydrogen) atoms. The lowest BCUT2D eigenvalue weighted by Gasteiger charge is -2.12. The summed E-state index contributed by atoms with van der Waals surface area (Å²) in [6, 6.07) is 21.8. The van der Waals surface area contributed by atoms with Gasteiger partial charge in [0.05, 0.1) is 5.56 Å². The molecule has 0 fully saturated rings. The number of para-hydroxylation sites is 2. The summed E-state index contributed by atoms with van der Waals surface area (Å²) in [5, 5.41) is 7.20. The topological polar surface area (TPSA) is 83.2 Å². The highest BCUT2D eigenvalue weighted by molar-refractivity contribution is 6.31. The highest BCUT2D eigenvalue weighted by Gasteiger charge is 2.15. The van der Waals surface area contributed by atoms with E-state index in [4.69, 9.17) is 16.3 Å². The third-order valence-corrected chi connectivity index (χ3v) is 5.20. The first-order valence-corrected chi connectivity index (χ1v) is 10.6. The highest BCUT2D eigenvalue weighted by Crippen LogP contribution is 2.24. The lowest BCUT2D eigenvalue weighted by atomic mass is 10.1. The van der Waals surface area contributed by atoms with Crippen LogP contribution in [0.15, 0.2) is 79.0 Å². The number of anilines is 1. The van der Waals surface area contributed by atoms with Gasteiger partial charge in [0.2, 0.25) is 0 Å². The lowest BCUT2D eigenvalue weighted by Crippen LogP contribution is -2.30. The number of ether oxygens (including phenoxy) is 1. The van der Waals surface area contributed by atoms with Gasteiger partial charge in [0.25, 0.3) is 11.8 Å². The molecular formula is C25H22ClN3O3. The number of carbonyl (C=O) groups excluding carboxylic acids is 2. The molecule has 0 spiro atoms. The Bertz CT molecular complexity index is 1240. The van der Waals surface area contributed by atoms with Crippen molar-refractivity contribution < 1.29 is 14.3 Å². The van der Waals surface area contributed by atoms with E-state index in [1.807, 2.05) is 42.6 Å². The number of nitrogens with one attached hydrogen (secondary N) is 3. The fourth-order valence-corrected chi connectivity index (χ4v) is 3.57. The monoisotopic (exact) mass is 447 g/mol. The number of H-pyrrole nitrogens is 1. The number of aromatic amines is 1. The van der Waals surface area contributed by atoms with Gasteiger partial charge in [-0.15, -0.1) is 0 Å². The molecule has 0 radical (unpaired) electrons. The molecule has 0 saturated heterocycles. The second kappa shape index (κ2) is 10.0. The van der Waals surface area contributed by atoms with E-state index in [2.05, 4.69) is 21.7 Å². The zero-order valence-corrected chi connectivity index (χ0v) is 18.0. The molecule has 3 N–H and O–H groups in total. The molecule has 1 aromatic heterocycles. The van der Waals surface area contributed by atoms with Crippen LogP contribution in [-0.2, 0) is 11.2 Å². The first-order valence-electron chi connectivity index (χ1n) is 10.2. The van der Waals surface area contributed by atoms with E-state index in [1.54, 1.807) is 24.3 Å². The van der Waals surface area contributed by atoms with Gasteiger partial charge in [0, 0.05) is 34.4 Å². The van der Waals surface area contributed by atoms with Crippen molar-refractivity contribution in [1.29, 1.82) is 0 Å². The molecule has 0 aliphatic carbocycles. The minimum atomic E-state index is -0.367. The summed E-state index contributed by atoms with van der Waals surface area (Å²) < 4.78 is 5.63. The van der Waals surface area contributed by atoms with Gasteiger partial charge in [0.15, 0.2) is 6.61 Å². The van der Waals surface area contributed by atoms with Gasteiger partial charge in [0.1, 0.15) is 5.75 Å². The third kappa shape index (κ3) is 5.28. The van der Waals surface area contributed by atoms with E-state index in [0.29, 0.717) is 23.7 Å². The normalized spacial score (nSPS) is 10.7. The van der Waals surface area contributed by atoms with Gasteiger partial charge in [-0.2, -0.15) is 0 Å². The maximum Gasteiger partial charge on any atom is 0.259 e. The van der Waals surface area contributed by atoms with Crippen LogP contribution in [0.25, 0.3) is 10.9 Å². The first kappa shape index (κ1) is 21.5. The number of amides is 2. The molecule has 4 aromatic rings. The summed E-state index contributed by atoms with van der Waals surface area (Å²) in [5.74, 6) is -0.350. The number of halogens is 1. The van der Waals surface area contributed by atoms with Gasteiger partial charge in [-0.25, -0.2) is 0 Å². The van der Waals surface area contributed by atoms with E-state index in [9.17, 15) is 9.59 Å². The highest BCUT2D eigenvalue weighted by atomic mass is 35.5. The third-order valence-electron chi connectivity index (χ3n) is 4.97. The Labute approximate surface area is 190 Å². The Morgan fingerprint density at radius 1 is 0.969 bits per heavy atom. The Morgan fingerprint density at radius 2 is 1.75 bits per heavy atom. The molecule has 2 amide bonds. The van der Waals surface area contributed by atoms with Crippen LogP contribution >= 0.6 is 11.6 Å². The molecule has 0 atom stereocenters. The minimum absolute atomic E-state index is 0.207. The fraction of sp³-hybridized carbons (Fsp3) is 0.120. The van der Waals surface area contributed by atoms with Crippen LogP contribution in [0.1, 0.15) is 15.9 Å². The molecule has 0 aliphatic heterocycles. The first-order chi connectivity index (χ1) is 15.6. The summed E-state index contributed by atoms with van der Waals surface area (Å²) >= 11 is 6.07. The van der Waals surface area contributed by atoms with Gasteiger partial charge in [-0.1, -0.05) is 48.0 Å². The largest absolute Gasteiger partial charge is 0.483 e. The van der Waals surface area contributed by atoms with E-state index in [0.717, 1.165) is 16.5 Å². The maximum absolute atomic E-state index is 12.7. The number of hydrogen-bond donors (Lipinski definition) is 3. The molecular weight excluding hydrogens is 426 g/mol. The van der Waals surface area contributed by atoms with Gasteiger partial charge in [-0.3, -0.25) is 9.59 Å². The van der Waals surface area contributed by atoms with Gasteiger partial charge in [-0.05, 0) is 48.4 Å². The summed E-state index contributed by atoms with van der Waals surface area (Å²) in [6.07, 6.45) is 2.65. The summed E-state index contributed by atoms with van der Waals surface area (Å²) in [5.41, 5.74) is 3.12. The molecule has 0 unspecified atom stereocenters. The maximum atomic E-state index is 12.7. The van der Waals surface area contributed by atoms with Gasteiger partial charge < -0.3 is 20.4 Å².